The number of carbonyl (C=O) groups excluding carboxylic acids is 3. The van der Waals surface area contributed by atoms with Crippen LogP contribution in [0.4, 0.5) is 0 Å². The van der Waals surface area contributed by atoms with E-state index in [1.165, 1.54) is 257 Å². The van der Waals surface area contributed by atoms with E-state index in [0.29, 0.717) is 19.3 Å². The fourth-order valence-corrected chi connectivity index (χ4v) is 10.8. The van der Waals surface area contributed by atoms with Crippen molar-refractivity contribution in [2.24, 2.45) is 0 Å². The summed E-state index contributed by atoms with van der Waals surface area (Å²) in [5, 5.41) is 0. The van der Waals surface area contributed by atoms with Crippen LogP contribution >= 0.6 is 0 Å². The van der Waals surface area contributed by atoms with Crippen molar-refractivity contribution in [3.05, 3.63) is 60.8 Å². The van der Waals surface area contributed by atoms with E-state index in [9.17, 15) is 14.4 Å². The molecule has 0 saturated heterocycles. The Morgan fingerprint density at radius 1 is 0.256 bits per heavy atom. The molecule has 0 bridgehead atoms. The van der Waals surface area contributed by atoms with E-state index in [0.717, 1.165) is 89.9 Å². The Hall–Kier alpha value is -2.89. The average molecular weight is 1150 g/mol. The molecule has 0 aliphatic heterocycles. The minimum atomic E-state index is -0.777. The molecule has 0 aromatic carbocycles. The van der Waals surface area contributed by atoms with Crippen molar-refractivity contribution in [2.45, 2.75) is 393 Å². The predicted octanol–water partition coefficient (Wildman–Crippen LogP) is 25.1. The van der Waals surface area contributed by atoms with Crippen LogP contribution < -0.4 is 0 Å². The van der Waals surface area contributed by atoms with Gasteiger partial charge >= 0.3 is 17.9 Å². The highest BCUT2D eigenvalue weighted by atomic mass is 16.6. The molecule has 0 amide bonds. The molecule has 0 spiro atoms. The molecule has 82 heavy (non-hydrogen) atoms. The minimum Gasteiger partial charge on any atom is -0.462 e. The third-order valence-electron chi connectivity index (χ3n) is 16.3. The molecule has 0 aromatic rings. The van der Waals surface area contributed by atoms with Crippen LogP contribution in [0.15, 0.2) is 60.8 Å². The Morgan fingerprint density at radius 2 is 0.476 bits per heavy atom. The zero-order chi connectivity index (χ0) is 59.2. The van der Waals surface area contributed by atoms with E-state index < -0.39 is 6.10 Å². The fourth-order valence-electron chi connectivity index (χ4n) is 10.8. The van der Waals surface area contributed by atoms with Gasteiger partial charge in [0.2, 0.25) is 0 Å². The van der Waals surface area contributed by atoms with E-state index in [1.807, 2.05) is 0 Å². The lowest BCUT2D eigenvalue weighted by molar-refractivity contribution is -0.167. The SMILES string of the molecule is CC/C=C\C/C=C\C/C=C\CCCCCCCCCC(=O)OC(COC(=O)CCCCCCCCCCCCCC)COC(=O)CCCCCCCCCCCCCCCCCCCCCCCCC/C=C\C/C=C\CCCCCCC. The van der Waals surface area contributed by atoms with E-state index in [1.54, 1.807) is 0 Å². The van der Waals surface area contributed by atoms with Crippen LogP contribution in [0.2, 0.25) is 0 Å². The summed E-state index contributed by atoms with van der Waals surface area (Å²) in [7, 11) is 0. The Morgan fingerprint density at radius 3 is 0.744 bits per heavy atom. The molecule has 6 heteroatoms. The van der Waals surface area contributed by atoms with Gasteiger partial charge in [0.05, 0.1) is 0 Å². The fraction of sp³-hybridized carbons (Fsp3) is 0.829. The summed E-state index contributed by atoms with van der Waals surface area (Å²) < 4.78 is 17.0. The third-order valence-corrected chi connectivity index (χ3v) is 16.3. The Kier molecular flexibility index (Phi) is 68.1. The van der Waals surface area contributed by atoms with Gasteiger partial charge in [0.15, 0.2) is 6.10 Å². The molecule has 6 nitrogen and oxygen atoms in total. The minimum absolute atomic E-state index is 0.0729. The monoisotopic (exact) mass is 1150 g/mol. The maximum absolute atomic E-state index is 12.9. The number of hydrogen-bond donors (Lipinski definition) is 0. The van der Waals surface area contributed by atoms with Crippen LogP contribution in [-0.2, 0) is 28.6 Å². The van der Waals surface area contributed by atoms with Crippen molar-refractivity contribution in [2.75, 3.05) is 13.2 Å². The molecule has 0 rings (SSSR count). The van der Waals surface area contributed by atoms with Gasteiger partial charge in [-0.3, -0.25) is 14.4 Å². The number of allylic oxidation sites excluding steroid dienone is 10. The van der Waals surface area contributed by atoms with Gasteiger partial charge in [0.1, 0.15) is 13.2 Å². The molecule has 0 heterocycles. The van der Waals surface area contributed by atoms with Crippen molar-refractivity contribution in [3.63, 3.8) is 0 Å². The topological polar surface area (TPSA) is 78.9 Å². The quantitative estimate of drug-likeness (QED) is 0.0261. The lowest BCUT2D eigenvalue weighted by Gasteiger charge is -2.18. The highest BCUT2D eigenvalue weighted by Gasteiger charge is 2.19. The van der Waals surface area contributed by atoms with Crippen molar-refractivity contribution < 1.29 is 28.6 Å². The number of carbonyl (C=O) groups is 3. The van der Waals surface area contributed by atoms with Crippen LogP contribution in [0.3, 0.4) is 0 Å². The lowest BCUT2D eigenvalue weighted by atomic mass is 10.0. The molecule has 0 aliphatic rings. The van der Waals surface area contributed by atoms with Crippen LogP contribution in [0.25, 0.3) is 0 Å². The first-order valence-electron chi connectivity index (χ1n) is 36.3. The Balaban J connectivity index is 4.07. The van der Waals surface area contributed by atoms with Crippen molar-refractivity contribution >= 4 is 17.9 Å². The van der Waals surface area contributed by atoms with Crippen molar-refractivity contribution in [1.29, 1.82) is 0 Å². The first kappa shape index (κ1) is 79.1. The first-order valence-corrected chi connectivity index (χ1v) is 36.3. The molecule has 1 unspecified atom stereocenters. The van der Waals surface area contributed by atoms with Gasteiger partial charge in [-0.15, -0.1) is 0 Å². The molecule has 1 atom stereocenters. The summed E-state index contributed by atoms with van der Waals surface area (Å²) in [5.74, 6) is -0.859. The largest absolute Gasteiger partial charge is 0.462 e. The normalized spacial score (nSPS) is 12.4. The van der Waals surface area contributed by atoms with Crippen molar-refractivity contribution in [1.82, 2.24) is 0 Å². The van der Waals surface area contributed by atoms with E-state index >= 15 is 0 Å². The Bertz CT molecular complexity index is 1460. The molecule has 0 radical (unpaired) electrons. The lowest BCUT2D eigenvalue weighted by Crippen LogP contribution is -2.30. The standard InChI is InChI=1S/C76H138O6/c1-4-7-10-13-16-19-22-25-27-29-30-31-32-33-34-35-36-37-38-39-40-41-42-43-44-45-46-48-49-51-54-57-60-63-66-69-75(78)81-72-73(71-80-74(77)68-65-62-59-56-53-24-21-18-15-12-9-6-3)82-76(79)70-67-64-61-58-55-52-50-47-28-26-23-20-17-14-11-8-5-2/h8,11,17,20,22,25-26,28-30,73H,4-7,9-10,12-16,18-19,21,23-24,27,31-72H2,1-3H3/b11-8-,20-17-,25-22-,28-26-,30-29-. The molecule has 478 valence electrons. The van der Waals surface area contributed by atoms with Gasteiger partial charge in [-0.1, -0.05) is 345 Å². The number of hydrogen-bond acceptors (Lipinski definition) is 6. The molecule has 0 aromatic heterocycles. The maximum Gasteiger partial charge on any atom is 0.306 e. The van der Waals surface area contributed by atoms with E-state index in [2.05, 4.69) is 81.5 Å². The van der Waals surface area contributed by atoms with Gasteiger partial charge < -0.3 is 14.2 Å². The van der Waals surface area contributed by atoms with Crippen LogP contribution in [0.5, 0.6) is 0 Å². The second kappa shape index (κ2) is 70.6. The summed E-state index contributed by atoms with van der Waals surface area (Å²) in [6, 6.07) is 0. The first-order chi connectivity index (χ1) is 40.5. The smallest absolute Gasteiger partial charge is 0.306 e. The summed E-state index contributed by atoms with van der Waals surface area (Å²) in [5.41, 5.74) is 0. The van der Waals surface area contributed by atoms with E-state index in [-0.39, 0.29) is 31.1 Å². The van der Waals surface area contributed by atoms with E-state index in [4.69, 9.17) is 14.2 Å². The van der Waals surface area contributed by atoms with Crippen LogP contribution in [0, 0.1) is 0 Å². The van der Waals surface area contributed by atoms with Gasteiger partial charge in [-0.25, -0.2) is 0 Å². The predicted molar refractivity (Wildman–Crippen MR) is 358 cm³/mol. The summed E-state index contributed by atoms with van der Waals surface area (Å²) in [6.07, 6.45) is 91.3. The van der Waals surface area contributed by atoms with Crippen LogP contribution in [-0.4, -0.2) is 37.2 Å². The molecule has 0 saturated carbocycles. The number of rotatable bonds is 67. The number of unbranched alkanes of at least 4 members (excludes halogenated alkanes) is 46. The molecule has 0 fully saturated rings. The molecular weight excluding hydrogens is 1010 g/mol. The zero-order valence-electron chi connectivity index (χ0n) is 55.0. The van der Waals surface area contributed by atoms with Gasteiger partial charge in [-0.2, -0.15) is 0 Å². The highest BCUT2D eigenvalue weighted by Crippen LogP contribution is 2.18. The Labute approximate surface area is 510 Å². The van der Waals surface area contributed by atoms with Gasteiger partial charge in [-0.05, 0) is 83.5 Å². The number of esters is 3. The summed E-state index contributed by atoms with van der Waals surface area (Å²) in [4.78, 5) is 38.3. The average Bonchev–Trinajstić information content (AvgIpc) is 3.47. The molecular formula is C76H138O6. The maximum atomic E-state index is 12.9. The van der Waals surface area contributed by atoms with Crippen molar-refractivity contribution in [3.8, 4) is 0 Å². The summed E-state index contributed by atoms with van der Waals surface area (Å²) in [6.45, 7) is 6.56. The third kappa shape index (κ3) is 67.9. The summed E-state index contributed by atoms with van der Waals surface area (Å²) >= 11 is 0. The van der Waals surface area contributed by atoms with Gasteiger partial charge in [0, 0.05) is 19.3 Å². The van der Waals surface area contributed by atoms with Gasteiger partial charge in [0.25, 0.3) is 0 Å². The highest BCUT2D eigenvalue weighted by molar-refractivity contribution is 5.71. The van der Waals surface area contributed by atoms with Crippen LogP contribution in [0.1, 0.15) is 387 Å². The second-order valence-electron chi connectivity index (χ2n) is 24.5. The molecule has 0 aliphatic carbocycles. The molecule has 0 N–H and O–H groups in total. The second-order valence-corrected chi connectivity index (χ2v) is 24.5. The zero-order valence-corrected chi connectivity index (χ0v) is 55.0. The number of ether oxygens (including phenoxy) is 3.